The SMILES string of the molecule is C=C(Cl)CNC(C)c1ccc(Cl)cc1. The molecule has 0 fully saturated rings. The van der Waals surface area contributed by atoms with Crippen molar-refractivity contribution in [3.8, 4) is 0 Å². The summed E-state index contributed by atoms with van der Waals surface area (Å²) in [5.41, 5.74) is 1.19. The molecular formula is C11H13Cl2N. The van der Waals surface area contributed by atoms with Gasteiger partial charge >= 0.3 is 0 Å². The van der Waals surface area contributed by atoms with Crippen molar-refractivity contribution in [2.45, 2.75) is 13.0 Å². The van der Waals surface area contributed by atoms with Gasteiger partial charge in [-0.15, -0.1) is 0 Å². The summed E-state index contributed by atoms with van der Waals surface area (Å²) in [7, 11) is 0. The molecule has 0 amide bonds. The lowest BCUT2D eigenvalue weighted by Crippen LogP contribution is -2.19. The highest BCUT2D eigenvalue weighted by molar-refractivity contribution is 6.30. The molecule has 1 rings (SSSR count). The van der Waals surface area contributed by atoms with E-state index in [1.54, 1.807) is 0 Å². The van der Waals surface area contributed by atoms with Crippen molar-refractivity contribution in [3.05, 3.63) is 46.5 Å². The molecule has 76 valence electrons. The number of halogens is 2. The van der Waals surface area contributed by atoms with E-state index in [1.807, 2.05) is 24.3 Å². The van der Waals surface area contributed by atoms with E-state index < -0.39 is 0 Å². The first-order chi connectivity index (χ1) is 6.59. The van der Waals surface area contributed by atoms with Crippen molar-refractivity contribution < 1.29 is 0 Å². The zero-order chi connectivity index (χ0) is 10.6. The molecule has 1 aromatic carbocycles. The maximum absolute atomic E-state index is 5.79. The molecular weight excluding hydrogens is 217 g/mol. The first-order valence-corrected chi connectivity index (χ1v) is 5.17. The lowest BCUT2D eigenvalue weighted by molar-refractivity contribution is 0.614. The third kappa shape index (κ3) is 3.70. The van der Waals surface area contributed by atoms with E-state index in [1.165, 1.54) is 5.56 Å². The lowest BCUT2D eigenvalue weighted by atomic mass is 10.1. The maximum atomic E-state index is 5.79. The van der Waals surface area contributed by atoms with Gasteiger partial charge in [-0.1, -0.05) is 41.9 Å². The second kappa shape index (κ2) is 5.40. The maximum Gasteiger partial charge on any atom is 0.0406 e. The molecule has 0 spiro atoms. The van der Waals surface area contributed by atoms with Gasteiger partial charge in [0.25, 0.3) is 0 Å². The normalized spacial score (nSPS) is 12.5. The molecule has 0 aliphatic carbocycles. The Labute approximate surface area is 94.7 Å². The number of hydrogen-bond donors (Lipinski definition) is 1. The van der Waals surface area contributed by atoms with Gasteiger partial charge in [-0.25, -0.2) is 0 Å². The molecule has 0 aliphatic rings. The number of hydrogen-bond acceptors (Lipinski definition) is 1. The van der Waals surface area contributed by atoms with Crippen LogP contribution in [0.25, 0.3) is 0 Å². The molecule has 0 saturated carbocycles. The van der Waals surface area contributed by atoms with Crippen LogP contribution in [0.2, 0.25) is 5.02 Å². The summed E-state index contributed by atoms with van der Waals surface area (Å²) in [6.45, 7) is 6.31. The van der Waals surface area contributed by atoms with Crippen molar-refractivity contribution in [3.63, 3.8) is 0 Å². The molecule has 0 heterocycles. The Morgan fingerprint density at radius 1 is 1.43 bits per heavy atom. The van der Waals surface area contributed by atoms with Gasteiger partial charge in [-0.2, -0.15) is 0 Å². The van der Waals surface area contributed by atoms with Gasteiger partial charge in [0.2, 0.25) is 0 Å². The molecule has 1 nitrogen and oxygen atoms in total. The molecule has 3 heteroatoms. The summed E-state index contributed by atoms with van der Waals surface area (Å²) < 4.78 is 0. The van der Waals surface area contributed by atoms with E-state index in [2.05, 4.69) is 18.8 Å². The molecule has 14 heavy (non-hydrogen) atoms. The monoisotopic (exact) mass is 229 g/mol. The van der Waals surface area contributed by atoms with Crippen LogP contribution in [0.4, 0.5) is 0 Å². The highest BCUT2D eigenvalue weighted by Gasteiger charge is 2.03. The highest BCUT2D eigenvalue weighted by Crippen LogP contribution is 2.16. The summed E-state index contributed by atoms with van der Waals surface area (Å²) in [6.07, 6.45) is 0. The summed E-state index contributed by atoms with van der Waals surface area (Å²) in [4.78, 5) is 0. The van der Waals surface area contributed by atoms with Gasteiger partial charge < -0.3 is 5.32 Å². The van der Waals surface area contributed by atoms with E-state index in [0.717, 1.165) is 5.02 Å². The molecule has 0 aliphatic heterocycles. The molecule has 1 N–H and O–H groups in total. The lowest BCUT2D eigenvalue weighted by Gasteiger charge is -2.13. The zero-order valence-electron chi connectivity index (χ0n) is 8.06. The Morgan fingerprint density at radius 3 is 2.50 bits per heavy atom. The molecule has 1 unspecified atom stereocenters. The van der Waals surface area contributed by atoms with Gasteiger partial charge in [-0.05, 0) is 24.6 Å². The van der Waals surface area contributed by atoms with Crippen LogP contribution in [-0.4, -0.2) is 6.54 Å². The molecule has 1 atom stereocenters. The first-order valence-electron chi connectivity index (χ1n) is 4.41. The minimum atomic E-state index is 0.253. The van der Waals surface area contributed by atoms with Crippen molar-refractivity contribution in [2.24, 2.45) is 0 Å². The quantitative estimate of drug-likeness (QED) is 0.830. The topological polar surface area (TPSA) is 12.0 Å². The summed E-state index contributed by atoms with van der Waals surface area (Å²) in [5.74, 6) is 0. The average molecular weight is 230 g/mol. The highest BCUT2D eigenvalue weighted by atomic mass is 35.5. The van der Waals surface area contributed by atoms with Gasteiger partial charge in [0.15, 0.2) is 0 Å². The molecule has 0 bridgehead atoms. The second-order valence-electron chi connectivity index (χ2n) is 3.17. The van der Waals surface area contributed by atoms with Crippen LogP contribution in [0.1, 0.15) is 18.5 Å². The van der Waals surface area contributed by atoms with E-state index in [0.29, 0.717) is 11.6 Å². The summed E-state index contributed by atoms with van der Waals surface area (Å²) in [6, 6.07) is 8.01. The first kappa shape index (κ1) is 11.6. The average Bonchev–Trinajstić information content (AvgIpc) is 2.15. The minimum Gasteiger partial charge on any atom is -0.305 e. The summed E-state index contributed by atoms with van der Waals surface area (Å²) in [5, 5.41) is 4.61. The standard InChI is InChI=1S/C11H13Cl2N/c1-8(12)7-14-9(2)10-3-5-11(13)6-4-10/h3-6,9,14H,1,7H2,2H3. The van der Waals surface area contributed by atoms with E-state index in [9.17, 15) is 0 Å². The van der Waals surface area contributed by atoms with Crippen LogP contribution in [0.15, 0.2) is 35.9 Å². The largest absolute Gasteiger partial charge is 0.305 e. The third-order valence-corrected chi connectivity index (χ3v) is 2.36. The van der Waals surface area contributed by atoms with Gasteiger partial charge in [0.1, 0.15) is 0 Å². The smallest absolute Gasteiger partial charge is 0.0406 e. The number of benzene rings is 1. The van der Waals surface area contributed by atoms with Crippen LogP contribution >= 0.6 is 23.2 Å². The summed E-state index contributed by atoms with van der Waals surface area (Å²) >= 11 is 11.4. The van der Waals surface area contributed by atoms with Gasteiger partial charge in [-0.3, -0.25) is 0 Å². The van der Waals surface area contributed by atoms with Crippen LogP contribution in [0.3, 0.4) is 0 Å². The van der Waals surface area contributed by atoms with Crippen molar-refractivity contribution >= 4 is 23.2 Å². The van der Waals surface area contributed by atoms with Gasteiger partial charge in [0.05, 0.1) is 0 Å². The fourth-order valence-electron chi connectivity index (χ4n) is 1.13. The van der Waals surface area contributed by atoms with Crippen LogP contribution < -0.4 is 5.32 Å². The van der Waals surface area contributed by atoms with Crippen molar-refractivity contribution in [1.82, 2.24) is 5.32 Å². The van der Waals surface area contributed by atoms with Crippen LogP contribution in [0, 0.1) is 0 Å². The molecule has 0 aromatic heterocycles. The minimum absolute atomic E-state index is 0.253. The molecule has 1 aromatic rings. The van der Waals surface area contributed by atoms with Crippen molar-refractivity contribution in [2.75, 3.05) is 6.54 Å². The molecule has 0 saturated heterocycles. The third-order valence-electron chi connectivity index (χ3n) is 1.97. The van der Waals surface area contributed by atoms with Crippen LogP contribution in [0.5, 0.6) is 0 Å². The Kier molecular flexibility index (Phi) is 4.46. The van der Waals surface area contributed by atoms with Crippen LogP contribution in [-0.2, 0) is 0 Å². The van der Waals surface area contributed by atoms with Gasteiger partial charge in [0, 0.05) is 22.6 Å². The fraction of sp³-hybridized carbons (Fsp3) is 0.273. The predicted molar refractivity (Wildman–Crippen MR) is 62.9 cm³/mol. The van der Waals surface area contributed by atoms with E-state index in [-0.39, 0.29) is 6.04 Å². The Morgan fingerprint density at radius 2 is 2.00 bits per heavy atom. The zero-order valence-corrected chi connectivity index (χ0v) is 9.57. The fourth-order valence-corrected chi connectivity index (χ4v) is 1.34. The number of nitrogens with one attached hydrogen (secondary N) is 1. The predicted octanol–water partition coefficient (Wildman–Crippen LogP) is 3.74. The Balaban J connectivity index is 2.56. The number of rotatable bonds is 4. The molecule has 0 radical (unpaired) electrons. The Hall–Kier alpha value is -0.500. The van der Waals surface area contributed by atoms with Crippen molar-refractivity contribution in [1.29, 1.82) is 0 Å². The second-order valence-corrected chi connectivity index (χ2v) is 4.14. The Bertz CT molecular complexity index is 306. The van der Waals surface area contributed by atoms with E-state index in [4.69, 9.17) is 23.2 Å². The van der Waals surface area contributed by atoms with E-state index >= 15 is 0 Å².